The molecule has 1 aliphatic rings. The summed E-state index contributed by atoms with van der Waals surface area (Å²) in [6, 6.07) is 6.29. The second-order valence-electron chi connectivity index (χ2n) is 7.98. The normalized spacial score (nSPS) is 15.1. The average Bonchev–Trinajstić information content (AvgIpc) is 2.85. The van der Waals surface area contributed by atoms with Crippen molar-refractivity contribution in [1.82, 2.24) is 15.5 Å². The molecular weight excluding hydrogens is 503 g/mol. The molecule has 11 heteroatoms. The summed E-state index contributed by atoms with van der Waals surface area (Å²) in [5.74, 6) is -1.97. The van der Waals surface area contributed by atoms with Crippen LogP contribution in [0, 0.1) is 11.6 Å². The standard InChI is InChI=1S/C24H28ClF2N3O4.ClH/c1-3-21(29-15(2)13-28-14-31)17-5-6-19(25)23(22(17)27)34-16-4-7-20(26)18(12-16)24(32)30-8-10-33-11-9-30;/h4-7,12,14-15,21,29H,3,8-11,13H2,1-2H3,(H,28,31);1H/t15-,21-;/m1./s1. The highest BCUT2D eigenvalue weighted by Gasteiger charge is 2.24. The predicted molar refractivity (Wildman–Crippen MR) is 132 cm³/mol. The molecule has 1 saturated heterocycles. The van der Waals surface area contributed by atoms with Crippen molar-refractivity contribution in [2.24, 2.45) is 0 Å². The minimum absolute atomic E-state index is 0. The van der Waals surface area contributed by atoms with Gasteiger partial charge in [-0.2, -0.15) is 0 Å². The second kappa shape index (κ2) is 13.6. The highest BCUT2D eigenvalue weighted by atomic mass is 35.5. The third kappa shape index (κ3) is 7.27. The van der Waals surface area contributed by atoms with Crippen molar-refractivity contribution in [1.29, 1.82) is 0 Å². The zero-order chi connectivity index (χ0) is 24.7. The molecule has 2 aromatic carbocycles. The molecule has 0 aromatic heterocycles. The first kappa shape index (κ1) is 28.8. The summed E-state index contributed by atoms with van der Waals surface area (Å²) < 4.78 is 40.9. The van der Waals surface area contributed by atoms with Gasteiger partial charge in [-0.15, -0.1) is 12.4 Å². The molecule has 35 heavy (non-hydrogen) atoms. The SMILES string of the molecule is CC[C@@H](N[C@H](C)CNC=O)c1ccc(Cl)c(Oc2ccc(F)c(C(=O)N3CCOCC3)c2)c1F.Cl. The van der Waals surface area contributed by atoms with E-state index in [0.717, 1.165) is 6.07 Å². The Hall–Kier alpha value is -2.46. The third-order valence-electron chi connectivity index (χ3n) is 5.54. The molecule has 2 N–H and O–H groups in total. The monoisotopic (exact) mass is 531 g/mol. The maximum absolute atomic E-state index is 15.5. The Kier molecular flexibility index (Phi) is 11.2. The number of rotatable bonds is 10. The van der Waals surface area contributed by atoms with Gasteiger partial charge in [0.05, 0.1) is 23.8 Å². The summed E-state index contributed by atoms with van der Waals surface area (Å²) in [5.41, 5.74) is 0.170. The number of ether oxygens (including phenoxy) is 2. The topological polar surface area (TPSA) is 79.9 Å². The minimum atomic E-state index is -0.697. The highest BCUT2D eigenvalue weighted by Crippen LogP contribution is 2.37. The van der Waals surface area contributed by atoms with Gasteiger partial charge in [-0.3, -0.25) is 9.59 Å². The van der Waals surface area contributed by atoms with E-state index in [1.165, 1.54) is 23.1 Å². The van der Waals surface area contributed by atoms with Crippen molar-refractivity contribution in [2.45, 2.75) is 32.4 Å². The van der Waals surface area contributed by atoms with Gasteiger partial charge in [-0.1, -0.05) is 24.6 Å². The number of halogens is 4. The second-order valence-corrected chi connectivity index (χ2v) is 8.39. The molecule has 1 heterocycles. The Morgan fingerprint density at radius 2 is 1.97 bits per heavy atom. The molecule has 2 atom stereocenters. The lowest BCUT2D eigenvalue weighted by Gasteiger charge is -2.27. The lowest BCUT2D eigenvalue weighted by atomic mass is 10.0. The number of carbonyl (C=O) groups is 2. The summed E-state index contributed by atoms with van der Waals surface area (Å²) in [5, 5.41) is 5.89. The summed E-state index contributed by atoms with van der Waals surface area (Å²) in [7, 11) is 0. The van der Waals surface area contributed by atoms with E-state index in [1.54, 1.807) is 6.07 Å². The van der Waals surface area contributed by atoms with Crippen molar-refractivity contribution in [3.05, 3.63) is 58.1 Å². The fourth-order valence-electron chi connectivity index (χ4n) is 3.75. The third-order valence-corrected chi connectivity index (χ3v) is 5.84. The summed E-state index contributed by atoms with van der Waals surface area (Å²) in [4.78, 5) is 24.8. The van der Waals surface area contributed by atoms with Crippen molar-refractivity contribution >= 4 is 36.3 Å². The first-order valence-corrected chi connectivity index (χ1v) is 11.5. The quantitative estimate of drug-likeness (QED) is 0.442. The molecule has 0 saturated carbocycles. The Morgan fingerprint density at radius 1 is 1.26 bits per heavy atom. The zero-order valence-corrected chi connectivity index (χ0v) is 21.1. The fraction of sp³-hybridized carbons (Fsp3) is 0.417. The molecule has 7 nitrogen and oxygen atoms in total. The smallest absolute Gasteiger partial charge is 0.257 e. The van der Waals surface area contributed by atoms with Crippen LogP contribution in [0.1, 0.15) is 42.2 Å². The maximum atomic E-state index is 15.5. The number of benzene rings is 2. The minimum Gasteiger partial charge on any atom is -0.453 e. The molecule has 0 bridgehead atoms. The van der Waals surface area contributed by atoms with E-state index in [1.807, 2.05) is 13.8 Å². The van der Waals surface area contributed by atoms with E-state index in [-0.39, 0.29) is 46.6 Å². The van der Waals surface area contributed by atoms with Crippen LogP contribution in [-0.4, -0.2) is 56.1 Å². The van der Waals surface area contributed by atoms with E-state index < -0.39 is 17.5 Å². The Balaban J connectivity index is 0.00000432. The van der Waals surface area contributed by atoms with Crippen molar-refractivity contribution < 1.29 is 27.8 Å². The van der Waals surface area contributed by atoms with Crippen LogP contribution in [0.4, 0.5) is 8.78 Å². The van der Waals surface area contributed by atoms with Gasteiger partial charge in [0, 0.05) is 37.3 Å². The van der Waals surface area contributed by atoms with Crippen molar-refractivity contribution in [2.75, 3.05) is 32.8 Å². The van der Waals surface area contributed by atoms with Crippen molar-refractivity contribution in [3.8, 4) is 11.5 Å². The molecule has 0 spiro atoms. The van der Waals surface area contributed by atoms with Gasteiger partial charge in [-0.05, 0) is 37.6 Å². The molecule has 0 aliphatic carbocycles. The summed E-state index contributed by atoms with van der Waals surface area (Å²) >= 11 is 6.23. The Bertz CT molecular complexity index is 1020. The molecule has 3 rings (SSSR count). The first-order chi connectivity index (χ1) is 16.3. The van der Waals surface area contributed by atoms with E-state index in [0.29, 0.717) is 51.2 Å². The van der Waals surface area contributed by atoms with Crippen LogP contribution in [0.2, 0.25) is 5.02 Å². The van der Waals surface area contributed by atoms with Gasteiger partial charge in [0.2, 0.25) is 6.41 Å². The van der Waals surface area contributed by atoms with E-state index >= 15 is 4.39 Å². The molecule has 0 unspecified atom stereocenters. The van der Waals surface area contributed by atoms with Crippen LogP contribution < -0.4 is 15.4 Å². The lowest BCUT2D eigenvalue weighted by Crippen LogP contribution is -2.41. The van der Waals surface area contributed by atoms with Crippen LogP contribution in [0.15, 0.2) is 30.3 Å². The van der Waals surface area contributed by atoms with Gasteiger partial charge in [-0.25, -0.2) is 8.78 Å². The van der Waals surface area contributed by atoms with E-state index in [9.17, 15) is 14.0 Å². The molecule has 1 aliphatic heterocycles. The predicted octanol–water partition coefficient (Wildman–Crippen LogP) is 4.48. The lowest BCUT2D eigenvalue weighted by molar-refractivity contribution is -0.109. The number of hydrogen-bond acceptors (Lipinski definition) is 5. The summed E-state index contributed by atoms with van der Waals surface area (Å²) in [6.45, 7) is 5.64. The molecule has 1 fully saturated rings. The van der Waals surface area contributed by atoms with Crippen molar-refractivity contribution in [3.63, 3.8) is 0 Å². The molecular formula is C24H29Cl2F2N3O4. The maximum Gasteiger partial charge on any atom is 0.257 e. The molecule has 192 valence electrons. The van der Waals surface area contributed by atoms with Gasteiger partial charge in [0.25, 0.3) is 5.91 Å². The largest absolute Gasteiger partial charge is 0.453 e. The number of morpholine rings is 1. The van der Waals surface area contributed by atoms with Crippen LogP contribution in [0.5, 0.6) is 11.5 Å². The zero-order valence-electron chi connectivity index (χ0n) is 19.5. The van der Waals surface area contributed by atoms with Crippen LogP contribution in [-0.2, 0) is 9.53 Å². The number of hydrogen-bond donors (Lipinski definition) is 2. The van der Waals surface area contributed by atoms with E-state index in [2.05, 4.69) is 10.6 Å². The molecule has 2 amide bonds. The number of amides is 2. The van der Waals surface area contributed by atoms with Crippen LogP contribution >= 0.6 is 24.0 Å². The Labute approximate surface area is 214 Å². The number of carbonyl (C=O) groups excluding carboxylic acids is 2. The number of nitrogens with one attached hydrogen (secondary N) is 2. The highest BCUT2D eigenvalue weighted by molar-refractivity contribution is 6.32. The number of nitrogens with zero attached hydrogens (tertiary/aromatic N) is 1. The molecule has 0 radical (unpaired) electrons. The van der Waals surface area contributed by atoms with Crippen LogP contribution in [0.25, 0.3) is 0 Å². The van der Waals surface area contributed by atoms with E-state index in [4.69, 9.17) is 21.1 Å². The fourth-order valence-corrected chi connectivity index (χ4v) is 3.94. The van der Waals surface area contributed by atoms with Crippen LogP contribution in [0.3, 0.4) is 0 Å². The average molecular weight is 532 g/mol. The first-order valence-electron chi connectivity index (χ1n) is 11.1. The van der Waals surface area contributed by atoms with Gasteiger partial charge in [0.1, 0.15) is 11.6 Å². The van der Waals surface area contributed by atoms with Gasteiger partial charge >= 0.3 is 0 Å². The van der Waals surface area contributed by atoms with Gasteiger partial charge < -0.3 is 25.0 Å². The molecule has 2 aromatic rings. The Morgan fingerprint density at radius 3 is 2.63 bits per heavy atom. The summed E-state index contributed by atoms with van der Waals surface area (Å²) in [6.07, 6.45) is 1.17. The van der Waals surface area contributed by atoms with Gasteiger partial charge in [0.15, 0.2) is 11.6 Å².